The second-order valence-electron chi connectivity index (χ2n) is 27.9. The van der Waals surface area contributed by atoms with Crippen LogP contribution in [-0.2, 0) is 28.2 Å². The molecule has 109 heavy (non-hydrogen) atoms. The number of nitrogens with zero attached hydrogens (tertiary/aromatic N) is 8. The van der Waals surface area contributed by atoms with Gasteiger partial charge < -0.3 is 17.7 Å². The van der Waals surface area contributed by atoms with E-state index in [1.165, 1.54) is 49.2 Å². The first-order valence-electron chi connectivity index (χ1n) is 36.0. The van der Waals surface area contributed by atoms with E-state index in [1.807, 2.05) is 91.9 Å². The van der Waals surface area contributed by atoms with Crippen LogP contribution in [0.2, 0.25) is 0 Å². The highest BCUT2D eigenvalue weighted by molar-refractivity contribution is 6.16. The van der Waals surface area contributed by atoms with Gasteiger partial charge in [0.1, 0.15) is 67.3 Å². The average molecular weight is 1410 g/mol. The van der Waals surface area contributed by atoms with E-state index >= 15 is 0 Å². The zero-order valence-corrected chi connectivity index (χ0v) is 61.5. The van der Waals surface area contributed by atoms with Crippen molar-refractivity contribution >= 4 is 143 Å². The number of hydrogen-bond donors (Lipinski definition) is 0. The molecule has 0 fully saturated rings. The third-order valence-electron chi connectivity index (χ3n) is 21.7. The Bertz CT molecular complexity index is 7420. The molecular formula is C97H70N8O4+4. The predicted molar refractivity (Wildman–Crippen MR) is 437 cm³/mol. The Morgan fingerprint density at radius 1 is 0.303 bits per heavy atom. The summed E-state index contributed by atoms with van der Waals surface area (Å²) >= 11 is 0. The van der Waals surface area contributed by atoms with E-state index in [2.05, 4.69) is 266 Å². The number of pyridine rings is 4. The van der Waals surface area contributed by atoms with E-state index in [9.17, 15) is 10.5 Å². The Kier molecular flexibility index (Phi) is 16.8. The summed E-state index contributed by atoms with van der Waals surface area (Å²) in [5.74, 6) is 0. The van der Waals surface area contributed by atoms with Gasteiger partial charge in [-0.1, -0.05) is 121 Å². The lowest BCUT2D eigenvalue weighted by molar-refractivity contribution is -0.633. The van der Waals surface area contributed by atoms with Crippen molar-refractivity contribution in [2.45, 2.75) is 34.6 Å². The minimum Gasteiger partial charge on any atom is -0.466 e. The molecule has 20 rings (SSSR count). The van der Waals surface area contributed by atoms with Crippen molar-refractivity contribution in [3.8, 4) is 57.2 Å². The Morgan fingerprint density at radius 3 is 1.29 bits per heavy atom. The highest BCUT2D eigenvalue weighted by Crippen LogP contribution is 2.45. The Hall–Kier alpha value is -14.6. The van der Waals surface area contributed by atoms with Crippen LogP contribution in [-0.4, -0.2) is 0 Å². The molecule has 20 aromatic rings. The van der Waals surface area contributed by atoms with Crippen molar-refractivity contribution in [2.75, 3.05) is 0 Å². The molecule has 12 heteroatoms. The van der Waals surface area contributed by atoms with Crippen LogP contribution in [0.25, 0.3) is 186 Å². The zero-order chi connectivity index (χ0) is 75.0. The van der Waals surface area contributed by atoms with Crippen molar-refractivity contribution in [3.63, 3.8) is 0 Å². The molecule has 0 amide bonds. The van der Waals surface area contributed by atoms with Crippen LogP contribution in [0.4, 0.5) is 11.4 Å². The molecule has 0 aliphatic rings. The number of aryl methyl sites for hydroxylation is 8. The number of nitriles is 2. The van der Waals surface area contributed by atoms with Gasteiger partial charge in [-0.3, -0.25) is 0 Å². The van der Waals surface area contributed by atoms with Crippen LogP contribution in [0.3, 0.4) is 0 Å². The van der Waals surface area contributed by atoms with Gasteiger partial charge in [0.05, 0.1) is 58.7 Å². The molecular weight excluding hydrogens is 1340 g/mol. The third kappa shape index (κ3) is 11.3. The van der Waals surface area contributed by atoms with E-state index < -0.39 is 0 Å². The summed E-state index contributed by atoms with van der Waals surface area (Å²) in [5, 5.41) is 31.9. The number of rotatable bonds is 4. The monoisotopic (exact) mass is 1410 g/mol. The minimum absolute atomic E-state index is 0.554. The maximum atomic E-state index is 9.70. The maximum absolute atomic E-state index is 9.70. The van der Waals surface area contributed by atoms with Crippen LogP contribution in [0.5, 0.6) is 0 Å². The number of aromatic nitrogens is 4. The molecule has 0 saturated heterocycles. The van der Waals surface area contributed by atoms with Crippen molar-refractivity contribution in [3.05, 3.63) is 323 Å². The third-order valence-corrected chi connectivity index (χ3v) is 21.7. The molecule has 8 aromatic heterocycles. The first kappa shape index (κ1) is 67.6. The summed E-state index contributed by atoms with van der Waals surface area (Å²) < 4.78 is 34.0. The molecule has 12 nitrogen and oxygen atoms in total. The smallest absolute Gasteiger partial charge is 0.229 e. The molecule has 0 saturated carbocycles. The number of hydrogen-bond acceptors (Lipinski definition) is 6. The quantitative estimate of drug-likeness (QED) is 0.128. The summed E-state index contributed by atoms with van der Waals surface area (Å²) in [6.45, 7) is 25.3. The van der Waals surface area contributed by atoms with E-state index in [-0.39, 0.29) is 0 Å². The average Bonchev–Trinajstić information content (AvgIpc) is 1.63. The van der Waals surface area contributed by atoms with Crippen LogP contribution in [0.1, 0.15) is 38.9 Å². The molecule has 0 atom stereocenters. The van der Waals surface area contributed by atoms with Gasteiger partial charge >= 0.3 is 0 Å². The molecule has 0 aliphatic carbocycles. The molecule has 0 bridgehead atoms. The number of fused-ring (bicyclic) bond motifs is 16. The lowest BCUT2D eigenvalue weighted by Crippen LogP contribution is -2.32. The lowest BCUT2D eigenvalue weighted by atomic mass is 9.96. The standard InChI is InChI=1S/C25H19N2O.3C24H17N2O/c1-15-14-19-18-9-7-10-20(26-3)24(18)28-25(19)23(16(15)2)22-13-12-17-8-5-6-11-21(17)27(22)4;1-15-8-11-18-19-14-17(25-2)10-13-22(19)27-24(18)23(15)21-12-9-16-6-4-5-7-20(16)26(21)3;1-15-13-17(14-25)23-18-8-4-6-10-21(18)27-24(23)22(15)20-12-11-16-7-3-5-9-19(16)26(20)2;1-15-10-12-18-23-17(14-25)7-5-9-21(23)27-24(18)22(15)20-13-11-16-6-3-4-8-19(16)26(20)2/h5-14H,1-2,4H3;4-14H,1,3H3;2*3-13H,1-2H3/q4*+1. The predicted octanol–water partition coefficient (Wildman–Crippen LogP) is 23.3. The van der Waals surface area contributed by atoms with Gasteiger partial charge in [-0.05, 0) is 153 Å². The second-order valence-corrected chi connectivity index (χ2v) is 27.9. The Balaban J connectivity index is 0.000000106. The van der Waals surface area contributed by atoms with Crippen LogP contribution in [0, 0.1) is 70.4 Å². The van der Waals surface area contributed by atoms with E-state index in [4.69, 9.17) is 30.8 Å². The normalized spacial score (nSPS) is 11.3. The molecule has 0 radical (unpaired) electrons. The van der Waals surface area contributed by atoms with E-state index in [0.29, 0.717) is 28.1 Å². The van der Waals surface area contributed by atoms with Crippen LogP contribution in [0.15, 0.2) is 279 Å². The van der Waals surface area contributed by atoms with Crippen molar-refractivity contribution in [1.29, 1.82) is 10.5 Å². The highest BCUT2D eigenvalue weighted by Gasteiger charge is 2.29. The van der Waals surface area contributed by atoms with Gasteiger partial charge in [-0.25, -0.2) is 9.69 Å². The lowest BCUT2D eigenvalue weighted by Gasteiger charge is -2.10. The largest absolute Gasteiger partial charge is 0.466 e. The fourth-order valence-corrected chi connectivity index (χ4v) is 16.1. The Morgan fingerprint density at radius 2 is 0.743 bits per heavy atom. The number of para-hydroxylation sites is 6. The molecule has 0 spiro atoms. The molecule has 0 aliphatic heterocycles. The Labute approximate surface area is 628 Å². The molecule has 12 aromatic carbocycles. The van der Waals surface area contributed by atoms with E-state index in [0.717, 1.165) is 149 Å². The van der Waals surface area contributed by atoms with Crippen molar-refractivity contribution in [2.24, 2.45) is 28.2 Å². The topological polar surface area (TPSA) is 124 Å². The molecule has 0 unspecified atom stereocenters. The van der Waals surface area contributed by atoms with Gasteiger partial charge in [-0.2, -0.15) is 28.8 Å². The summed E-state index contributed by atoms with van der Waals surface area (Å²) in [7, 11) is 8.34. The van der Waals surface area contributed by atoms with Gasteiger partial charge in [-0.15, -0.1) is 0 Å². The fourth-order valence-electron chi connectivity index (χ4n) is 16.1. The van der Waals surface area contributed by atoms with Crippen LogP contribution >= 0.6 is 0 Å². The second kappa shape index (κ2) is 27.2. The van der Waals surface area contributed by atoms with Gasteiger partial charge in [0.25, 0.3) is 0 Å². The van der Waals surface area contributed by atoms with Crippen LogP contribution < -0.4 is 18.3 Å². The zero-order valence-electron chi connectivity index (χ0n) is 61.5. The molecule has 0 N–H and O–H groups in total. The first-order valence-corrected chi connectivity index (χ1v) is 36.0. The summed E-state index contributed by atoms with van der Waals surface area (Å²) in [6.07, 6.45) is 0. The van der Waals surface area contributed by atoms with Gasteiger partial charge in [0.15, 0.2) is 11.3 Å². The first-order chi connectivity index (χ1) is 53.1. The number of benzene rings is 12. The summed E-state index contributed by atoms with van der Waals surface area (Å²) in [5.41, 5.74) is 27.9. The molecule has 8 heterocycles. The van der Waals surface area contributed by atoms with Gasteiger partial charge in [0.2, 0.25) is 50.5 Å². The fraction of sp³-hybridized carbons (Fsp3) is 0.0928. The van der Waals surface area contributed by atoms with Crippen molar-refractivity contribution < 1.29 is 35.9 Å². The summed E-state index contributed by atoms with van der Waals surface area (Å²) in [6, 6.07) is 92.7. The highest BCUT2D eigenvalue weighted by atomic mass is 16.3. The van der Waals surface area contributed by atoms with Gasteiger partial charge in [0, 0.05) is 113 Å². The molecule has 518 valence electrons. The van der Waals surface area contributed by atoms with Crippen molar-refractivity contribution in [1.82, 2.24) is 0 Å². The summed E-state index contributed by atoms with van der Waals surface area (Å²) in [4.78, 5) is 7.21. The van der Waals surface area contributed by atoms with E-state index in [1.54, 1.807) is 6.07 Å². The number of furan rings is 4. The maximum Gasteiger partial charge on any atom is 0.229 e. The minimum atomic E-state index is 0.554. The SMILES string of the molecule is Cc1cc(C#N)c2c(oc3ccccc32)c1-c1ccc2ccccc2[n+]1C.Cc1ccc2c(oc3cccc(C#N)c32)c1-c1ccc2ccccc2[n+]1C.[C-]#[N+]c1ccc2oc3c(-c4ccc5ccccc5[n+]4C)c(C)ccc3c2c1.[C-]#[N+]c1cccc2c1oc1c(-c3ccc4ccccc4[n+]3C)c(C)c(C)cc12.